The highest BCUT2D eigenvalue weighted by atomic mass is 16.1. The number of carbonyl (C=O) groups excluding carboxylic acids is 1. The second-order valence-corrected chi connectivity index (χ2v) is 6.79. The summed E-state index contributed by atoms with van der Waals surface area (Å²) in [6, 6.07) is 13.3. The minimum Gasteiger partial charge on any atom is -0.356 e. The van der Waals surface area contributed by atoms with E-state index in [0.29, 0.717) is 32.4 Å². The molecule has 2 heterocycles. The van der Waals surface area contributed by atoms with E-state index in [1.807, 2.05) is 48.9 Å². The molecule has 0 aliphatic rings. The first-order valence-corrected chi connectivity index (χ1v) is 9.44. The summed E-state index contributed by atoms with van der Waals surface area (Å²) in [6.07, 6.45) is 3.37. The van der Waals surface area contributed by atoms with Crippen molar-refractivity contribution in [2.75, 3.05) is 6.54 Å². The average Bonchev–Trinajstić information content (AvgIpc) is 3.03. The standard InChI is InChI=1S/C21H25N5O2/c1-16-15-17(2)26(24-16)19-9-6-18(7-10-19)8-11-20(27)22-12-4-14-25-21(28)5-3-13-23-25/h3,5-7,9-10,13,15H,4,8,11-12,14H2,1-2H3,(H,22,27). The Labute approximate surface area is 164 Å². The molecule has 1 N–H and O–H groups in total. The zero-order valence-electron chi connectivity index (χ0n) is 16.3. The SMILES string of the molecule is Cc1cc(C)n(-c2ccc(CCC(=O)NCCCn3ncccc3=O)cc2)n1. The predicted octanol–water partition coefficient (Wildman–Crippen LogP) is 2.18. The molecule has 0 saturated carbocycles. The van der Waals surface area contributed by atoms with Crippen molar-refractivity contribution in [3.05, 3.63) is 76.0 Å². The number of nitrogens with one attached hydrogen (secondary N) is 1. The van der Waals surface area contributed by atoms with Gasteiger partial charge in [-0.15, -0.1) is 0 Å². The Morgan fingerprint density at radius 2 is 1.93 bits per heavy atom. The smallest absolute Gasteiger partial charge is 0.266 e. The Morgan fingerprint density at radius 3 is 2.61 bits per heavy atom. The van der Waals surface area contributed by atoms with E-state index in [2.05, 4.69) is 15.5 Å². The van der Waals surface area contributed by atoms with Crippen molar-refractivity contribution in [2.45, 2.75) is 39.7 Å². The van der Waals surface area contributed by atoms with Crippen LogP contribution in [0.2, 0.25) is 0 Å². The second-order valence-electron chi connectivity index (χ2n) is 6.79. The summed E-state index contributed by atoms with van der Waals surface area (Å²) in [5, 5.41) is 11.4. The van der Waals surface area contributed by atoms with Gasteiger partial charge in [-0.2, -0.15) is 10.2 Å². The van der Waals surface area contributed by atoms with Crippen LogP contribution in [0.4, 0.5) is 0 Å². The number of benzene rings is 1. The lowest BCUT2D eigenvalue weighted by Crippen LogP contribution is -2.27. The summed E-state index contributed by atoms with van der Waals surface area (Å²) in [6.45, 7) is 5.03. The second kappa shape index (κ2) is 9.12. The Balaban J connectivity index is 1.41. The van der Waals surface area contributed by atoms with Gasteiger partial charge in [-0.25, -0.2) is 9.36 Å². The third-order valence-corrected chi connectivity index (χ3v) is 4.49. The molecule has 7 nitrogen and oxygen atoms in total. The van der Waals surface area contributed by atoms with E-state index < -0.39 is 0 Å². The molecule has 0 aliphatic heterocycles. The largest absolute Gasteiger partial charge is 0.356 e. The van der Waals surface area contributed by atoms with Gasteiger partial charge < -0.3 is 5.32 Å². The average molecular weight is 379 g/mol. The molecule has 28 heavy (non-hydrogen) atoms. The number of aryl methyl sites for hydroxylation is 4. The van der Waals surface area contributed by atoms with Gasteiger partial charge in [0.05, 0.1) is 11.4 Å². The molecular weight excluding hydrogens is 354 g/mol. The number of rotatable bonds is 8. The van der Waals surface area contributed by atoms with Gasteiger partial charge in [0.1, 0.15) is 0 Å². The van der Waals surface area contributed by atoms with Crippen LogP contribution in [0.3, 0.4) is 0 Å². The highest BCUT2D eigenvalue weighted by Crippen LogP contribution is 2.14. The maximum absolute atomic E-state index is 12.0. The molecule has 0 saturated heterocycles. The Bertz CT molecular complexity index is 989. The molecule has 1 aromatic carbocycles. The zero-order valence-corrected chi connectivity index (χ0v) is 16.3. The summed E-state index contributed by atoms with van der Waals surface area (Å²) < 4.78 is 3.31. The van der Waals surface area contributed by atoms with E-state index in [1.165, 1.54) is 10.7 Å². The lowest BCUT2D eigenvalue weighted by molar-refractivity contribution is -0.121. The number of hydrogen-bond donors (Lipinski definition) is 1. The number of hydrogen-bond acceptors (Lipinski definition) is 4. The molecule has 3 aromatic rings. The number of carbonyl (C=O) groups is 1. The van der Waals surface area contributed by atoms with Crippen molar-refractivity contribution in [1.82, 2.24) is 24.9 Å². The van der Waals surface area contributed by atoms with Crippen molar-refractivity contribution >= 4 is 5.91 Å². The fourth-order valence-corrected chi connectivity index (χ4v) is 3.05. The van der Waals surface area contributed by atoms with Gasteiger partial charge >= 0.3 is 0 Å². The predicted molar refractivity (Wildman–Crippen MR) is 107 cm³/mol. The van der Waals surface area contributed by atoms with Crippen LogP contribution < -0.4 is 10.9 Å². The van der Waals surface area contributed by atoms with Gasteiger partial charge in [0.15, 0.2) is 0 Å². The van der Waals surface area contributed by atoms with Crippen LogP contribution in [0.15, 0.2) is 53.5 Å². The summed E-state index contributed by atoms with van der Waals surface area (Å²) in [5.74, 6) is 0.0102. The first-order chi connectivity index (χ1) is 13.5. The maximum Gasteiger partial charge on any atom is 0.266 e. The van der Waals surface area contributed by atoms with E-state index in [0.717, 1.165) is 22.6 Å². The van der Waals surface area contributed by atoms with Crippen molar-refractivity contribution < 1.29 is 4.79 Å². The fraction of sp³-hybridized carbons (Fsp3) is 0.333. The normalized spacial score (nSPS) is 10.8. The van der Waals surface area contributed by atoms with Gasteiger partial charge in [-0.3, -0.25) is 9.59 Å². The first-order valence-electron chi connectivity index (χ1n) is 9.44. The van der Waals surface area contributed by atoms with Crippen LogP contribution in [-0.2, 0) is 17.8 Å². The molecule has 0 atom stereocenters. The Hall–Kier alpha value is -3.22. The summed E-state index contributed by atoms with van der Waals surface area (Å²) >= 11 is 0. The zero-order chi connectivity index (χ0) is 19.9. The minimum absolute atomic E-state index is 0.0102. The minimum atomic E-state index is -0.127. The monoisotopic (exact) mass is 379 g/mol. The van der Waals surface area contributed by atoms with Crippen LogP contribution >= 0.6 is 0 Å². The lowest BCUT2D eigenvalue weighted by atomic mass is 10.1. The molecule has 0 aliphatic carbocycles. The molecule has 146 valence electrons. The summed E-state index contributed by atoms with van der Waals surface area (Å²) in [4.78, 5) is 23.6. The Kier molecular flexibility index (Phi) is 6.37. The molecule has 0 unspecified atom stereocenters. The molecule has 0 spiro atoms. The molecule has 0 fully saturated rings. The fourth-order valence-electron chi connectivity index (χ4n) is 3.05. The van der Waals surface area contributed by atoms with Crippen molar-refractivity contribution in [3.63, 3.8) is 0 Å². The van der Waals surface area contributed by atoms with E-state index in [1.54, 1.807) is 12.3 Å². The highest BCUT2D eigenvalue weighted by Gasteiger charge is 2.05. The van der Waals surface area contributed by atoms with Crippen LogP contribution in [0.5, 0.6) is 0 Å². The molecule has 0 bridgehead atoms. The first kappa shape index (κ1) is 19.5. The topological polar surface area (TPSA) is 81.8 Å². The summed E-state index contributed by atoms with van der Waals surface area (Å²) in [7, 11) is 0. The molecule has 0 radical (unpaired) electrons. The van der Waals surface area contributed by atoms with E-state index in [-0.39, 0.29) is 11.5 Å². The molecule has 1 amide bonds. The van der Waals surface area contributed by atoms with Crippen molar-refractivity contribution in [2.24, 2.45) is 0 Å². The third kappa shape index (κ3) is 5.16. The molecular formula is C21H25N5O2. The van der Waals surface area contributed by atoms with Crippen LogP contribution in [0.1, 0.15) is 29.8 Å². The van der Waals surface area contributed by atoms with Gasteiger partial charge in [0.2, 0.25) is 5.91 Å². The molecule has 7 heteroatoms. The molecule has 2 aromatic heterocycles. The van der Waals surface area contributed by atoms with Gasteiger partial charge in [-0.05, 0) is 56.5 Å². The van der Waals surface area contributed by atoms with E-state index in [4.69, 9.17) is 0 Å². The van der Waals surface area contributed by atoms with Gasteiger partial charge in [-0.1, -0.05) is 12.1 Å². The maximum atomic E-state index is 12.0. The lowest BCUT2D eigenvalue weighted by Gasteiger charge is -2.08. The van der Waals surface area contributed by atoms with Crippen molar-refractivity contribution in [1.29, 1.82) is 0 Å². The van der Waals surface area contributed by atoms with Crippen LogP contribution in [0, 0.1) is 13.8 Å². The van der Waals surface area contributed by atoms with Crippen molar-refractivity contribution in [3.8, 4) is 5.69 Å². The molecule has 3 rings (SSSR count). The van der Waals surface area contributed by atoms with Crippen LogP contribution in [-0.4, -0.2) is 32.0 Å². The van der Waals surface area contributed by atoms with E-state index >= 15 is 0 Å². The number of nitrogens with zero attached hydrogens (tertiary/aromatic N) is 4. The quantitative estimate of drug-likeness (QED) is 0.608. The number of amides is 1. The van der Waals surface area contributed by atoms with Gasteiger partial charge in [0, 0.05) is 37.5 Å². The number of aromatic nitrogens is 4. The summed E-state index contributed by atoms with van der Waals surface area (Å²) in [5.41, 5.74) is 4.09. The third-order valence-electron chi connectivity index (χ3n) is 4.49. The van der Waals surface area contributed by atoms with E-state index in [9.17, 15) is 9.59 Å². The highest BCUT2D eigenvalue weighted by molar-refractivity contribution is 5.76. The van der Waals surface area contributed by atoms with Gasteiger partial charge in [0.25, 0.3) is 5.56 Å². The Morgan fingerprint density at radius 1 is 1.14 bits per heavy atom. The van der Waals surface area contributed by atoms with Crippen LogP contribution in [0.25, 0.3) is 5.69 Å².